The number of carboxylic acid groups (broad SMARTS) is 1. The highest BCUT2D eigenvalue weighted by Gasteiger charge is 2.18. The number of rotatable bonds is 5. The number of nitrogens with zero attached hydrogens (tertiary/aromatic N) is 1. The normalized spacial score (nSPS) is 11.9. The topological polar surface area (TPSA) is 79.3 Å². The zero-order chi connectivity index (χ0) is 13.7. The lowest BCUT2D eigenvalue weighted by Gasteiger charge is -2.12. The number of amides is 1. The summed E-state index contributed by atoms with van der Waals surface area (Å²) in [5.74, 6) is -1.17. The van der Waals surface area contributed by atoms with Crippen molar-refractivity contribution in [1.82, 2.24) is 10.3 Å². The summed E-state index contributed by atoms with van der Waals surface area (Å²) in [7, 11) is 0. The third-order valence-electron chi connectivity index (χ3n) is 2.07. The van der Waals surface area contributed by atoms with E-state index in [1.54, 1.807) is 6.07 Å². The average Bonchev–Trinajstić information content (AvgIpc) is 2.28. The molecule has 5 nitrogen and oxygen atoms in total. The largest absolute Gasteiger partial charge is 0.480 e. The molecular formula is C11H13BrN2O3S. The second kappa shape index (κ2) is 6.75. The SMILES string of the molecule is CC(=O)NC(CSc1ccc(Br)c(C)n1)C(=O)O. The van der Waals surface area contributed by atoms with Crippen molar-refractivity contribution >= 4 is 39.6 Å². The Hall–Kier alpha value is -1.08. The fourth-order valence-electron chi connectivity index (χ4n) is 1.19. The van der Waals surface area contributed by atoms with Crippen molar-refractivity contribution in [3.05, 3.63) is 22.3 Å². The lowest BCUT2D eigenvalue weighted by molar-refractivity contribution is -0.140. The predicted molar refractivity (Wildman–Crippen MR) is 72.6 cm³/mol. The number of aromatic nitrogens is 1. The molecule has 1 heterocycles. The summed E-state index contributed by atoms with van der Waals surface area (Å²) in [4.78, 5) is 26.1. The van der Waals surface area contributed by atoms with Gasteiger partial charge in [0, 0.05) is 17.1 Å². The Balaban J connectivity index is 2.64. The van der Waals surface area contributed by atoms with E-state index in [-0.39, 0.29) is 11.7 Å². The predicted octanol–water partition coefficient (Wildman–Crippen LogP) is 1.83. The minimum Gasteiger partial charge on any atom is -0.480 e. The highest BCUT2D eigenvalue weighted by atomic mass is 79.9. The maximum absolute atomic E-state index is 10.9. The van der Waals surface area contributed by atoms with Crippen molar-refractivity contribution in [3.63, 3.8) is 0 Å². The van der Waals surface area contributed by atoms with E-state index < -0.39 is 12.0 Å². The average molecular weight is 333 g/mol. The van der Waals surface area contributed by atoms with Gasteiger partial charge in [-0.3, -0.25) is 4.79 Å². The summed E-state index contributed by atoms with van der Waals surface area (Å²) in [5, 5.41) is 12.1. The van der Waals surface area contributed by atoms with Crippen LogP contribution in [0.4, 0.5) is 0 Å². The van der Waals surface area contributed by atoms with E-state index in [1.807, 2.05) is 13.0 Å². The van der Waals surface area contributed by atoms with Gasteiger partial charge in [-0.25, -0.2) is 9.78 Å². The number of thioether (sulfide) groups is 1. The molecule has 1 rings (SSSR count). The highest BCUT2D eigenvalue weighted by Crippen LogP contribution is 2.21. The van der Waals surface area contributed by atoms with Gasteiger partial charge in [-0.15, -0.1) is 11.8 Å². The Morgan fingerprint density at radius 1 is 1.56 bits per heavy atom. The van der Waals surface area contributed by atoms with Gasteiger partial charge in [0.15, 0.2) is 0 Å². The smallest absolute Gasteiger partial charge is 0.327 e. The van der Waals surface area contributed by atoms with Gasteiger partial charge in [0.25, 0.3) is 0 Å². The standard InChI is InChI=1S/C11H13BrN2O3S/c1-6-8(12)3-4-10(13-6)18-5-9(11(16)17)14-7(2)15/h3-4,9H,5H2,1-2H3,(H,14,15)(H,16,17). The Bertz CT molecular complexity index is 468. The monoisotopic (exact) mass is 332 g/mol. The number of nitrogens with one attached hydrogen (secondary N) is 1. The number of hydrogen-bond donors (Lipinski definition) is 2. The summed E-state index contributed by atoms with van der Waals surface area (Å²) in [6, 6.07) is 2.76. The van der Waals surface area contributed by atoms with E-state index in [1.165, 1.54) is 18.7 Å². The number of carboxylic acids is 1. The number of carbonyl (C=O) groups is 2. The van der Waals surface area contributed by atoms with Crippen LogP contribution in [0.5, 0.6) is 0 Å². The Labute approximate surface area is 117 Å². The summed E-state index contributed by atoms with van der Waals surface area (Å²) < 4.78 is 0.906. The third kappa shape index (κ3) is 4.66. The molecule has 2 N–H and O–H groups in total. The van der Waals surface area contributed by atoms with Crippen LogP contribution < -0.4 is 5.32 Å². The van der Waals surface area contributed by atoms with Crippen molar-refractivity contribution in [1.29, 1.82) is 0 Å². The van der Waals surface area contributed by atoms with E-state index in [0.29, 0.717) is 0 Å². The summed E-state index contributed by atoms with van der Waals surface area (Å²) >= 11 is 4.64. The van der Waals surface area contributed by atoms with Crippen LogP contribution >= 0.6 is 27.7 Å². The van der Waals surface area contributed by atoms with Crippen molar-refractivity contribution < 1.29 is 14.7 Å². The number of halogens is 1. The fraction of sp³-hybridized carbons (Fsp3) is 0.364. The number of pyridine rings is 1. The van der Waals surface area contributed by atoms with E-state index in [0.717, 1.165) is 15.2 Å². The summed E-state index contributed by atoms with van der Waals surface area (Å²) in [5.41, 5.74) is 0.839. The van der Waals surface area contributed by atoms with E-state index in [9.17, 15) is 9.59 Å². The molecule has 1 aromatic rings. The molecule has 0 radical (unpaired) electrons. The van der Waals surface area contributed by atoms with Gasteiger partial charge in [0.2, 0.25) is 5.91 Å². The molecule has 0 aliphatic heterocycles. The van der Waals surface area contributed by atoms with E-state index in [2.05, 4.69) is 26.2 Å². The number of aliphatic carboxylic acids is 1. The first kappa shape index (κ1) is 15.0. The zero-order valence-corrected chi connectivity index (χ0v) is 12.3. The van der Waals surface area contributed by atoms with Crippen LogP contribution in [0.1, 0.15) is 12.6 Å². The Morgan fingerprint density at radius 3 is 2.72 bits per heavy atom. The van der Waals surface area contributed by atoms with Crippen LogP contribution in [0.15, 0.2) is 21.6 Å². The molecule has 1 amide bonds. The molecular weight excluding hydrogens is 320 g/mol. The second-order valence-electron chi connectivity index (χ2n) is 3.62. The van der Waals surface area contributed by atoms with Crippen molar-refractivity contribution in [2.24, 2.45) is 0 Å². The fourth-order valence-corrected chi connectivity index (χ4v) is 2.34. The quantitative estimate of drug-likeness (QED) is 0.804. The van der Waals surface area contributed by atoms with Crippen molar-refractivity contribution in [2.45, 2.75) is 24.9 Å². The first-order valence-electron chi connectivity index (χ1n) is 5.16. The minimum absolute atomic E-state index is 0.239. The van der Waals surface area contributed by atoms with Gasteiger partial charge in [0.1, 0.15) is 6.04 Å². The molecule has 0 spiro atoms. The number of carbonyl (C=O) groups excluding carboxylic acids is 1. The van der Waals surface area contributed by atoms with E-state index in [4.69, 9.17) is 5.11 Å². The van der Waals surface area contributed by atoms with Crippen LogP contribution in [0.3, 0.4) is 0 Å². The molecule has 0 saturated carbocycles. The molecule has 0 saturated heterocycles. The highest BCUT2D eigenvalue weighted by molar-refractivity contribution is 9.10. The number of aryl methyl sites for hydroxylation is 1. The van der Waals surface area contributed by atoms with Crippen LogP contribution in [0.25, 0.3) is 0 Å². The molecule has 1 unspecified atom stereocenters. The molecule has 0 aliphatic carbocycles. The summed E-state index contributed by atoms with van der Waals surface area (Å²) in [6.45, 7) is 3.15. The second-order valence-corrected chi connectivity index (χ2v) is 5.51. The molecule has 1 aromatic heterocycles. The molecule has 18 heavy (non-hydrogen) atoms. The van der Waals surface area contributed by atoms with Crippen molar-refractivity contribution in [3.8, 4) is 0 Å². The van der Waals surface area contributed by atoms with Crippen molar-refractivity contribution in [2.75, 3.05) is 5.75 Å². The summed E-state index contributed by atoms with van der Waals surface area (Å²) in [6.07, 6.45) is 0. The maximum Gasteiger partial charge on any atom is 0.327 e. The van der Waals surface area contributed by atoms with Gasteiger partial charge in [-0.05, 0) is 35.0 Å². The lowest BCUT2D eigenvalue weighted by Crippen LogP contribution is -2.41. The molecule has 0 bridgehead atoms. The van der Waals surface area contributed by atoms with Gasteiger partial charge in [-0.1, -0.05) is 0 Å². The van der Waals surface area contributed by atoms with Gasteiger partial charge >= 0.3 is 5.97 Å². The van der Waals surface area contributed by atoms with Crippen LogP contribution in [-0.4, -0.2) is 33.8 Å². The maximum atomic E-state index is 10.9. The first-order chi connectivity index (χ1) is 8.40. The molecule has 1 atom stereocenters. The van der Waals surface area contributed by atoms with Crippen LogP contribution in [-0.2, 0) is 9.59 Å². The number of hydrogen-bond acceptors (Lipinski definition) is 4. The van der Waals surface area contributed by atoms with Gasteiger partial charge < -0.3 is 10.4 Å². The minimum atomic E-state index is -1.05. The third-order valence-corrected chi connectivity index (χ3v) is 3.93. The van der Waals surface area contributed by atoms with Crippen LogP contribution in [0.2, 0.25) is 0 Å². The molecule has 98 valence electrons. The molecule has 7 heteroatoms. The molecule has 0 fully saturated rings. The van der Waals surface area contributed by atoms with Crippen LogP contribution in [0, 0.1) is 6.92 Å². The van der Waals surface area contributed by atoms with E-state index >= 15 is 0 Å². The molecule has 0 aliphatic rings. The molecule has 0 aromatic carbocycles. The zero-order valence-electron chi connectivity index (χ0n) is 9.94. The van der Waals surface area contributed by atoms with Gasteiger partial charge in [0.05, 0.1) is 10.7 Å². The Kier molecular flexibility index (Phi) is 5.61. The first-order valence-corrected chi connectivity index (χ1v) is 6.94. The van der Waals surface area contributed by atoms with Gasteiger partial charge in [-0.2, -0.15) is 0 Å². The Morgan fingerprint density at radius 2 is 2.22 bits per heavy atom. The lowest BCUT2D eigenvalue weighted by atomic mass is 10.3.